The van der Waals surface area contributed by atoms with Crippen molar-refractivity contribution in [1.29, 1.82) is 0 Å². The van der Waals surface area contributed by atoms with Gasteiger partial charge in [-0.05, 0) is 38.6 Å². The van der Waals surface area contributed by atoms with Crippen molar-refractivity contribution in [1.82, 2.24) is 15.5 Å². The lowest BCUT2D eigenvalue weighted by atomic mass is 10.1. The molecule has 1 rings (SSSR count). The molecule has 20 heavy (non-hydrogen) atoms. The van der Waals surface area contributed by atoms with E-state index in [-0.39, 0.29) is 11.9 Å². The first-order valence-corrected chi connectivity index (χ1v) is 8.26. The van der Waals surface area contributed by atoms with Gasteiger partial charge >= 0.3 is 0 Å². The van der Waals surface area contributed by atoms with Crippen LogP contribution in [0.3, 0.4) is 0 Å². The zero-order valence-corrected chi connectivity index (χ0v) is 13.7. The Bertz CT molecular complexity index is 275. The van der Waals surface area contributed by atoms with Crippen LogP contribution in [0.4, 0.5) is 0 Å². The van der Waals surface area contributed by atoms with Gasteiger partial charge in [-0.1, -0.05) is 27.2 Å². The van der Waals surface area contributed by atoms with Gasteiger partial charge in [0.1, 0.15) is 0 Å². The molecule has 0 radical (unpaired) electrons. The lowest BCUT2D eigenvalue weighted by molar-refractivity contribution is -0.123. The third kappa shape index (κ3) is 7.25. The summed E-state index contributed by atoms with van der Waals surface area (Å²) in [6.07, 6.45) is 4.67. The molecule has 2 atom stereocenters. The first-order valence-electron chi connectivity index (χ1n) is 8.26. The van der Waals surface area contributed by atoms with E-state index in [9.17, 15) is 4.79 Å². The van der Waals surface area contributed by atoms with E-state index < -0.39 is 0 Å². The quantitative estimate of drug-likeness (QED) is 0.680. The van der Waals surface area contributed by atoms with Crippen molar-refractivity contribution in [3.63, 3.8) is 0 Å². The summed E-state index contributed by atoms with van der Waals surface area (Å²) in [5.74, 6) is 0.766. The maximum atomic E-state index is 12.1. The SMILES string of the molecule is CCCC(C)NC(=O)CN(CC(C)C)CC1CCCN1. The molecule has 4 heteroatoms. The molecule has 0 aliphatic carbocycles. The second-order valence-corrected chi connectivity index (χ2v) is 6.64. The number of nitrogens with zero attached hydrogens (tertiary/aromatic N) is 1. The minimum absolute atomic E-state index is 0.171. The van der Waals surface area contributed by atoms with Crippen LogP contribution in [0, 0.1) is 5.92 Å². The highest BCUT2D eigenvalue weighted by Gasteiger charge is 2.20. The van der Waals surface area contributed by atoms with Crippen LogP contribution < -0.4 is 10.6 Å². The molecule has 0 aromatic carbocycles. The van der Waals surface area contributed by atoms with Gasteiger partial charge in [0, 0.05) is 25.2 Å². The molecule has 1 amide bonds. The Morgan fingerprint density at radius 1 is 1.40 bits per heavy atom. The van der Waals surface area contributed by atoms with E-state index in [4.69, 9.17) is 0 Å². The number of carbonyl (C=O) groups is 1. The molecular weight excluding hydrogens is 250 g/mol. The summed E-state index contributed by atoms with van der Waals surface area (Å²) < 4.78 is 0. The molecule has 1 heterocycles. The van der Waals surface area contributed by atoms with Crippen LogP contribution in [-0.4, -0.2) is 49.1 Å². The van der Waals surface area contributed by atoms with Gasteiger partial charge in [0.05, 0.1) is 6.54 Å². The Morgan fingerprint density at radius 3 is 2.70 bits per heavy atom. The van der Waals surface area contributed by atoms with E-state index in [1.807, 2.05) is 0 Å². The lowest BCUT2D eigenvalue weighted by Gasteiger charge is -2.27. The fraction of sp³-hybridized carbons (Fsp3) is 0.938. The summed E-state index contributed by atoms with van der Waals surface area (Å²) in [6, 6.07) is 0.854. The summed E-state index contributed by atoms with van der Waals surface area (Å²) in [5.41, 5.74) is 0. The van der Waals surface area contributed by atoms with E-state index in [0.717, 1.165) is 32.5 Å². The van der Waals surface area contributed by atoms with Gasteiger partial charge in [0.25, 0.3) is 0 Å². The zero-order valence-electron chi connectivity index (χ0n) is 13.7. The largest absolute Gasteiger partial charge is 0.353 e. The van der Waals surface area contributed by atoms with E-state index >= 15 is 0 Å². The summed E-state index contributed by atoms with van der Waals surface area (Å²) in [6.45, 7) is 12.3. The molecule has 2 N–H and O–H groups in total. The molecule has 1 saturated heterocycles. The molecule has 4 nitrogen and oxygen atoms in total. The third-order valence-corrected chi connectivity index (χ3v) is 3.76. The van der Waals surface area contributed by atoms with Crippen LogP contribution in [0.25, 0.3) is 0 Å². The van der Waals surface area contributed by atoms with Crippen LogP contribution in [0.15, 0.2) is 0 Å². The Hall–Kier alpha value is -0.610. The number of nitrogens with one attached hydrogen (secondary N) is 2. The van der Waals surface area contributed by atoms with Crippen LogP contribution in [0.2, 0.25) is 0 Å². The van der Waals surface area contributed by atoms with Crippen molar-refractivity contribution in [2.45, 2.75) is 65.5 Å². The van der Waals surface area contributed by atoms with Crippen molar-refractivity contribution in [2.75, 3.05) is 26.2 Å². The van der Waals surface area contributed by atoms with Gasteiger partial charge in [-0.3, -0.25) is 9.69 Å². The average Bonchev–Trinajstić information content (AvgIpc) is 2.80. The van der Waals surface area contributed by atoms with Gasteiger partial charge in [-0.2, -0.15) is 0 Å². The predicted molar refractivity (Wildman–Crippen MR) is 84.8 cm³/mol. The summed E-state index contributed by atoms with van der Waals surface area (Å²) >= 11 is 0. The van der Waals surface area contributed by atoms with Gasteiger partial charge in [-0.15, -0.1) is 0 Å². The van der Waals surface area contributed by atoms with Gasteiger partial charge in [0.15, 0.2) is 0 Å². The Labute approximate surface area is 124 Å². The molecule has 0 spiro atoms. The molecule has 0 bridgehead atoms. The van der Waals surface area contributed by atoms with Gasteiger partial charge in [0.2, 0.25) is 5.91 Å². The molecule has 2 unspecified atom stereocenters. The van der Waals surface area contributed by atoms with Crippen molar-refractivity contribution in [3.8, 4) is 0 Å². The lowest BCUT2D eigenvalue weighted by Crippen LogP contribution is -2.46. The highest BCUT2D eigenvalue weighted by molar-refractivity contribution is 5.78. The Balaban J connectivity index is 2.39. The van der Waals surface area contributed by atoms with Crippen molar-refractivity contribution in [3.05, 3.63) is 0 Å². The Morgan fingerprint density at radius 2 is 2.15 bits per heavy atom. The minimum Gasteiger partial charge on any atom is -0.353 e. The highest BCUT2D eigenvalue weighted by atomic mass is 16.2. The molecule has 0 aromatic rings. The minimum atomic E-state index is 0.171. The first kappa shape index (κ1) is 17.4. The van der Waals surface area contributed by atoms with E-state index in [0.29, 0.717) is 18.5 Å². The normalized spacial score (nSPS) is 20.6. The van der Waals surface area contributed by atoms with Crippen LogP contribution >= 0.6 is 0 Å². The number of hydrogen-bond acceptors (Lipinski definition) is 3. The first-order chi connectivity index (χ1) is 9.51. The van der Waals surface area contributed by atoms with Crippen molar-refractivity contribution in [2.24, 2.45) is 5.92 Å². The number of hydrogen-bond donors (Lipinski definition) is 2. The summed E-state index contributed by atoms with van der Waals surface area (Å²) in [4.78, 5) is 14.4. The van der Waals surface area contributed by atoms with Crippen molar-refractivity contribution < 1.29 is 4.79 Å². The average molecular weight is 283 g/mol. The molecule has 1 fully saturated rings. The van der Waals surface area contributed by atoms with Crippen LogP contribution in [0.1, 0.15) is 53.4 Å². The smallest absolute Gasteiger partial charge is 0.234 e. The molecule has 1 aliphatic heterocycles. The topological polar surface area (TPSA) is 44.4 Å². The number of carbonyl (C=O) groups excluding carboxylic acids is 1. The van der Waals surface area contributed by atoms with Gasteiger partial charge in [-0.25, -0.2) is 0 Å². The molecule has 1 aliphatic rings. The third-order valence-electron chi connectivity index (χ3n) is 3.76. The second kappa shape index (κ2) is 9.35. The maximum Gasteiger partial charge on any atom is 0.234 e. The fourth-order valence-corrected chi connectivity index (χ4v) is 2.97. The number of amides is 1. The summed E-state index contributed by atoms with van der Waals surface area (Å²) in [7, 11) is 0. The standard InChI is InChI=1S/C16H33N3O/c1-5-7-14(4)18-16(20)12-19(10-13(2)3)11-15-8-6-9-17-15/h13-15,17H,5-12H2,1-4H3,(H,18,20). The molecule has 0 aromatic heterocycles. The fourth-order valence-electron chi connectivity index (χ4n) is 2.97. The van der Waals surface area contributed by atoms with E-state index in [1.165, 1.54) is 12.8 Å². The maximum absolute atomic E-state index is 12.1. The van der Waals surface area contributed by atoms with Crippen molar-refractivity contribution >= 4 is 5.91 Å². The predicted octanol–water partition coefficient (Wildman–Crippen LogP) is 2.00. The molecular formula is C16H33N3O. The molecule has 0 saturated carbocycles. The highest BCUT2D eigenvalue weighted by Crippen LogP contribution is 2.08. The summed E-state index contributed by atoms with van der Waals surface area (Å²) in [5, 5.41) is 6.63. The van der Waals surface area contributed by atoms with E-state index in [1.54, 1.807) is 0 Å². The van der Waals surface area contributed by atoms with Gasteiger partial charge < -0.3 is 10.6 Å². The number of rotatable bonds is 9. The second-order valence-electron chi connectivity index (χ2n) is 6.64. The zero-order chi connectivity index (χ0) is 15.0. The van der Waals surface area contributed by atoms with E-state index in [2.05, 4.69) is 43.2 Å². The van der Waals surface area contributed by atoms with Crippen LogP contribution in [0.5, 0.6) is 0 Å². The molecule has 118 valence electrons. The Kier molecular flexibility index (Phi) is 8.15. The monoisotopic (exact) mass is 283 g/mol. The van der Waals surface area contributed by atoms with Crippen LogP contribution in [-0.2, 0) is 4.79 Å².